The molecule has 2 atom stereocenters. The first-order valence-corrected chi connectivity index (χ1v) is 10.3. The number of fused-ring (bicyclic) bond motifs is 1. The van der Waals surface area contributed by atoms with E-state index in [9.17, 15) is 20.6 Å². The van der Waals surface area contributed by atoms with Gasteiger partial charge < -0.3 is 15.4 Å². The molecule has 2 aromatic rings. The van der Waals surface area contributed by atoms with Crippen LogP contribution in [0.25, 0.3) is 0 Å². The number of hydrogen-bond acceptors (Lipinski definition) is 7. The molecular formula is C25H20N6O2. The molecule has 0 bridgehead atoms. The van der Waals surface area contributed by atoms with Crippen LogP contribution in [-0.2, 0) is 11.3 Å². The number of ether oxygens (including phenoxy) is 1. The molecule has 0 saturated heterocycles. The molecule has 0 saturated carbocycles. The zero-order valence-electron chi connectivity index (χ0n) is 17.7. The average molecular weight is 436 g/mol. The van der Waals surface area contributed by atoms with Crippen molar-refractivity contribution in [2.45, 2.75) is 12.5 Å². The van der Waals surface area contributed by atoms with Crippen molar-refractivity contribution in [1.82, 2.24) is 9.88 Å². The number of rotatable bonds is 3. The number of hydrogen-bond donors (Lipinski definition) is 1. The van der Waals surface area contributed by atoms with Gasteiger partial charge in [-0.2, -0.15) is 15.8 Å². The third-order valence-electron chi connectivity index (χ3n) is 6.17. The Kier molecular flexibility index (Phi) is 5.81. The van der Waals surface area contributed by atoms with Crippen LogP contribution >= 0.6 is 0 Å². The lowest BCUT2D eigenvalue weighted by Crippen LogP contribution is -2.49. The molecule has 1 amide bonds. The van der Waals surface area contributed by atoms with Gasteiger partial charge in [0.25, 0.3) is 0 Å². The number of benzene rings is 1. The van der Waals surface area contributed by atoms with Crippen molar-refractivity contribution in [3.63, 3.8) is 0 Å². The second-order valence-corrected chi connectivity index (χ2v) is 7.91. The van der Waals surface area contributed by atoms with Crippen molar-refractivity contribution in [2.24, 2.45) is 17.1 Å². The van der Waals surface area contributed by atoms with E-state index in [1.165, 1.54) is 4.90 Å². The minimum Gasteiger partial charge on any atom is -0.445 e. The number of nitrogens with two attached hydrogens (primary N) is 1. The summed E-state index contributed by atoms with van der Waals surface area (Å²) in [5, 5.41) is 30.0. The van der Waals surface area contributed by atoms with Gasteiger partial charge in [-0.05, 0) is 22.8 Å². The average Bonchev–Trinajstić information content (AvgIpc) is 2.87. The molecule has 33 heavy (non-hydrogen) atoms. The normalized spacial score (nSPS) is 21.0. The van der Waals surface area contributed by atoms with Gasteiger partial charge in [0.1, 0.15) is 12.7 Å². The third kappa shape index (κ3) is 3.67. The van der Waals surface area contributed by atoms with Gasteiger partial charge in [0.05, 0.1) is 23.4 Å². The summed E-state index contributed by atoms with van der Waals surface area (Å²) in [6, 6.07) is 19.0. The van der Waals surface area contributed by atoms with Crippen LogP contribution in [0, 0.1) is 45.3 Å². The summed E-state index contributed by atoms with van der Waals surface area (Å²) >= 11 is 0. The Hall–Kier alpha value is -4.61. The molecule has 1 aromatic carbocycles. The number of nitrogens with zero attached hydrogens (tertiary/aromatic N) is 5. The van der Waals surface area contributed by atoms with Crippen molar-refractivity contribution in [3.05, 3.63) is 88.9 Å². The summed E-state index contributed by atoms with van der Waals surface area (Å²) in [5.41, 5.74) is 6.70. The summed E-state index contributed by atoms with van der Waals surface area (Å²) in [6.45, 7) is 0.520. The highest BCUT2D eigenvalue weighted by molar-refractivity contribution is 5.69. The van der Waals surface area contributed by atoms with Crippen molar-refractivity contribution >= 4 is 6.09 Å². The summed E-state index contributed by atoms with van der Waals surface area (Å²) < 4.78 is 5.48. The van der Waals surface area contributed by atoms with Crippen LogP contribution in [0.15, 0.2) is 77.8 Å². The molecular weight excluding hydrogens is 416 g/mol. The van der Waals surface area contributed by atoms with E-state index < -0.39 is 23.3 Å². The molecule has 8 nitrogen and oxygen atoms in total. The highest BCUT2D eigenvalue weighted by atomic mass is 16.6. The van der Waals surface area contributed by atoms with E-state index in [4.69, 9.17) is 10.5 Å². The first-order chi connectivity index (χ1) is 16.1. The molecule has 0 radical (unpaired) electrons. The van der Waals surface area contributed by atoms with Crippen LogP contribution in [0.2, 0.25) is 0 Å². The van der Waals surface area contributed by atoms with E-state index in [0.29, 0.717) is 11.1 Å². The third-order valence-corrected chi connectivity index (χ3v) is 6.17. The van der Waals surface area contributed by atoms with Crippen molar-refractivity contribution < 1.29 is 9.53 Å². The van der Waals surface area contributed by atoms with Crippen LogP contribution in [0.1, 0.15) is 17.0 Å². The second kappa shape index (κ2) is 8.86. The zero-order valence-corrected chi connectivity index (χ0v) is 17.7. The molecule has 0 spiro atoms. The molecule has 2 aliphatic rings. The predicted octanol–water partition coefficient (Wildman–Crippen LogP) is 3.14. The topological polar surface area (TPSA) is 140 Å². The Morgan fingerprint density at radius 2 is 1.94 bits per heavy atom. The lowest BCUT2D eigenvalue weighted by molar-refractivity contribution is 0.0898. The van der Waals surface area contributed by atoms with Gasteiger partial charge in [0, 0.05) is 37.3 Å². The Labute approximate surface area is 191 Å². The van der Waals surface area contributed by atoms with Gasteiger partial charge in [-0.25, -0.2) is 4.79 Å². The Balaban J connectivity index is 1.71. The van der Waals surface area contributed by atoms with Crippen molar-refractivity contribution in [2.75, 3.05) is 13.1 Å². The first-order valence-electron chi connectivity index (χ1n) is 10.3. The Bertz CT molecular complexity index is 1230. The number of allylic oxidation sites excluding steroid dienone is 2. The monoisotopic (exact) mass is 436 g/mol. The maximum atomic E-state index is 12.8. The van der Waals surface area contributed by atoms with Crippen LogP contribution in [0.3, 0.4) is 0 Å². The van der Waals surface area contributed by atoms with Gasteiger partial charge in [-0.15, -0.1) is 0 Å². The Morgan fingerprint density at radius 1 is 1.18 bits per heavy atom. The SMILES string of the molecule is N#CC1=C(N)C(C#N)(C#N)[C@H](c2cccnc2)[C@@H]2CN(C(=O)OCc3ccccc3)CC=C12. The van der Waals surface area contributed by atoms with Crippen molar-refractivity contribution in [1.29, 1.82) is 15.8 Å². The summed E-state index contributed by atoms with van der Waals surface area (Å²) in [4.78, 5) is 18.5. The molecule has 8 heteroatoms. The quantitative estimate of drug-likeness (QED) is 0.779. The highest BCUT2D eigenvalue weighted by Gasteiger charge is 2.54. The molecule has 0 fully saturated rings. The number of carbonyl (C=O) groups is 1. The fourth-order valence-electron chi connectivity index (χ4n) is 4.58. The lowest BCUT2D eigenvalue weighted by Gasteiger charge is -2.45. The molecule has 2 N–H and O–H groups in total. The predicted molar refractivity (Wildman–Crippen MR) is 117 cm³/mol. The molecule has 4 rings (SSSR count). The number of nitriles is 3. The lowest BCUT2D eigenvalue weighted by atomic mass is 9.58. The second-order valence-electron chi connectivity index (χ2n) is 7.91. The molecule has 1 aliphatic heterocycles. The molecule has 162 valence electrons. The zero-order chi connectivity index (χ0) is 23.4. The highest BCUT2D eigenvalue weighted by Crippen LogP contribution is 2.53. The van der Waals surface area contributed by atoms with Gasteiger partial charge in [0.15, 0.2) is 5.41 Å². The molecule has 2 heterocycles. The van der Waals surface area contributed by atoms with Crippen LogP contribution in [-0.4, -0.2) is 29.1 Å². The fraction of sp³-hybridized carbons (Fsp3) is 0.240. The Morgan fingerprint density at radius 3 is 2.58 bits per heavy atom. The maximum absolute atomic E-state index is 12.8. The minimum absolute atomic E-state index is 0.0635. The number of carbonyl (C=O) groups excluding carboxylic acids is 1. The number of amides is 1. The molecule has 1 aliphatic carbocycles. The largest absolute Gasteiger partial charge is 0.445 e. The minimum atomic E-state index is -1.77. The summed E-state index contributed by atoms with van der Waals surface area (Å²) in [6.07, 6.45) is 4.42. The summed E-state index contributed by atoms with van der Waals surface area (Å²) in [5.74, 6) is -1.22. The fourth-order valence-corrected chi connectivity index (χ4v) is 4.58. The van der Waals surface area contributed by atoms with E-state index >= 15 is 0 Å². The smallest absolute Gasteiger partial charge is 0.410 e. The number of pyridine rings is 1. The summed E-state index contributed by atoms with van der Waals surface area (Å²) in [7, 11) is 0. The van der Waals surface area contributed by atoms with Crippen LogP contribution in [0.4, 0.5) is 4.79 Å². The van der Waals surface area contributed by atoms with E-state index in [1.807, 2.05) is 30.3 Å². The van der Waals surface area contributed by atoms with Gasteiger partial charge in [0.2, 0.25) is 0 Å². The van der Waals surface area contributed by atoms with Gasteiger partial charge in [-0.1, -0.05) is 42.5 Å². The van der Waals surface area contributed by atoms with Gasteiger partial charge >= 0.3 is 6.09 Å². The van der Waals surface area contributed by atoms with Crippen molar-refractivity contribution in [3.8, 4) is 18.2 Å². The standard InChI is InChI=1S/C25H20N6O2/c26-11-20-19-8-10-31(24(32)33-14-17-5-2-1-3-6-17)13-21(19)22(18-7-4-9-30-12-18)25(15-27,16-28)23(20)29/h1-9,12,21-22H,10,13-14,29H2/t21-,22-/m1/s1. The first kappa shape index (κ1) is 21.6. The number of aromatic nitrogens is 1. The molecule has 1 aromatic heterocycles. The van der Waals surface area contributed by atoms with Crippen LogP contribution < -0.4 is 5.73 Å². The van der Waals surface area contributed by atoms with Crippen LogP contribution in [0.5, 0.6) is 0 Å². The molecule has 0 unspecified atom stereocenters. The van der Waals surface area contributed by atoms with E-state index in [-0.39, 0.29) is 31.0 Å². The van der Waals surface area contributed by atoms with E-state index in [2.05, 4.69) is 23.2 Å². The van der Waals surface area contributed by atoms with E-state index in [1.54, 1.807) is 30.6 Å². The van der Waals surface area contributed by atoms with E-state index in [0.717, 1.165) is 5.56 Å². The van der Waals surface area contributed by atoms with Gasteiger partial charge in [-0.3, -0.25) is 4.98 Å². The maximum Gasteiger partial charge on any atom is 0.410 e.